The Morgan fingerprint density at radius 2 is 2.15 bits per heavy atom. The fourth-order valence-electron chi connectivity index (χ4n) is 0.748. The van der Waals surface area contributed by atoms with Crippen molar-refractivity contribution in [2.24, 2.45) is 5.73 Å². The lowest BCUT2D eigenvalue weighted by atomic mass is 10.3. The monoisotopic (exact) mass is 218 g/mol. The Bertz CT molecular complexity index is 328. The minimum Gasteiger partial charge on any atom is -0.484 e. The van der Waals surface area contributed by atoms with E-state index >= 15 is 0 Å². The van der Waals surface area contributed by atoms with E-state index in [1.807, 2.05) is 0 Å². The highest BCUT2D eigenvalue weighted by atomic mass is 35.5. The predicted molar refractivity (Wildman–Crippen MR) is 53.9 cm³/mol. The fraction of sp³-hybridized carbons (Fsp3) is 0.125. The topological polar surface area (TPSA) is 59.1 Å². The molecule has 0 amide bonds. The van der Waals surface area contributed by atoms with E-state index in [1.165, 1.54) is 0 Å². The Labute approximate surface area is 85.9 Å². The van der Waals surface area contributed by atoms with Gasteiger partial charge in [0.15, 0.2) is 0 Å². The molecule has 0 unspecified atom stereocenters. The smallest absolute Gasteiger partial charge is 0.145 e. The lowest BCUT2D eigenvalue weighted by Gasteiger charge is -2.06. The van der Waals surface area contributed by atoms with Crippen LogP contribution in [0, 0.1) is 5.41 Å². The molecule has 0 aliphatic rings. The molecule has 5 heteroatoms. The molecule has 0 atom stereocenters. The maximum atomic E-state index is 6.94. The van der Waals surface area contributed by atoms with Gasteiger partial charge in [-0.2, -0.15) is 0 Å². The summed E-state index contributed by atoms with van der Waals surface area (Å²) in [6.45, 7) is 0.0291. The van der Waals surface area contributed by atoms with Crippen LogP contribution in [0.15, 0.2) is 18.2 Å². The summed E-state index contributed by atoms with van der Waals surface area (Å²) in [5.41, 5.74) is 5.11. The van der Waals surface area contributed by atoms with Crippen LogP contribution < -0.4 is 10.5 Å². The summed E-state index contributed by atoms with van der Waals surface area (Å²) in [5.74, 6) is 0.423. The van der Waals surface area contributed by atoms with Crippen molar-refractivity contribution in [3.05, 3.63) is 28.2 Å². The summed E-state index contributed by atoms with van der Waals surface area (Å²) in [6, 6.07) is 4.86. The molecular weight excluding hydrogens is 211 g/mol. The number of ether oxygens (including phenoxy) is 1. The molecule has 3 nitrogen and oxygen atoms in total. The minimum absolute atomic E-state index is 0.0291. The first-order chi connectivity index (χ1) is 6.09. The van der Waals surface area contributed by atoms with Gasteiger partial charge >= 0.3 is 0 Å². The van der Waals surface area contributed by atoms with Crippen LogP contribution in [0.4, 0.5) is 0 Å². The molecule has 0 saturated carbocycles. The lowest BCUT2D eigenvalue weighted by molar-refractivity contribution is 0.374. The first-order valence-electron chi connectivity index (χ1n) is 3.50. The molecule has 70 valence electrons. The largest absolute Gasteiger partial charge is 0.484 e. The molecule has 1 rings (SSSR count). The standard InChI is InChI=1S/C8H8Cl2N2O/c9-5-1-2-7(6(10)3-5)13-4-8(11)12/h1-3H,4H2,(H3,11,12). The van der Waals surface area contributed by atoms with Gasteiger partial charge in [0.25, 0.3) is 0 Å². The average molecular weight is 219 g/mol. The number of nitrogens with one attached hydrogen (secondary N) is 1. The quantitative estimate of drug-likeness (QED) is 0.605. The summed E-state index contributed by atoms with van der Waals surface area (Å²) in [6.07, 6.45) is 0. The predicted octanol–water partition coefficient (Wildman–Crippen LogP) is 2.31. The van der Waals surface area contributed by atoms with Gasteiger partial charge in [-0.15, -0.1) is 0 Å². The first kappa shape index (κ1) is 10.2. The Hall–Kier alpha value is -0.930. The van der Waals surface area contributed by atoms with Gasteiger partial charge in [-0.3, -0.25) is 5.41 Å². The highest BCUT2D eigenvalue weighted by Gasteiger charge is 2.02. The number of amidine groups is 1. The molecule has 3 N–H and O–H groups in total. The van der Waals surface area contributed by atoms with Crippen LogP contribution in [0.5, 0.6) is 5.75 Å². The van der Waals surface area contributed by atoms with Crippen LogP contribution in [-0.2, 0) is 0 Å². The summed E-state index contributed by atoms with van der Waals surface area (Å²) < 4.78 is 5.11. The fourth-order valence-corrected chi connectivity index (χ4v) is 1.21. The van der Waals surface area contributed by atoms with E-state index in [-0.39, 0.29) is 12.4 Å². The number of rotatable bonds is 3. The van der Waals surface area contributed by atoms with E-state index in [2.05, 4.69) is 0 Å². The third kappa shape index (κ3) is 3.13. The molecule has 0 aliphatic carbocycles. The van der Waals surface area contributed by atoms with E-state index in [1.54, 1.807) is 18.2 Å². The van der Waals surface area contributed by atoms with E-state index in [9.17, 15) is 0 Å². The number of hydrogen-bond donors (Lipinski definition) is 2. The molecular formula is C8H8Cl2N2O. The van der Waals surface area contributed by atoms with Crippen molar-refractivity contribution in [3.8, 4) is 5.75 Å². The van der Waals surface area contributed by atoms with Crippen LogP contribution in [0.2, 0.25) is 10.0 Å². The molecule has 1 aromatic rings. The molecule has 13 heavy (non-hydrogen) atoms. The zero-order valence-electron chi connectivity index (χ0n) is 6.68. The maximum absolute atomic E-state index is 6.94. The summed E-state index contributed by atoms with van der Waals surface area (Å²) in [5, 5.41) is 7.89. The van der Waals surface area contributed by atoms with E-state index in [0.717, 1.165) is 0 Å². The number of hydrogen-bond acceptors (Lipinski definition) is 2. The van der Waals surface area contributed by atoms with Crippen molar-refractivity contribution < 1.29 is 4.74 Å². The van der Waals surface area contributed by atoms with E-state index in [0.29, 0.717) is 15.8 Å². The van der Waals surface area contributed by atoms with Gasteiger partial charge in [-0.05, 0) is 18.2 Å². The molecule has 0 aliphatic heterocycles. The number of nitrogens with two attached hydrogens (primary N) is 1. The first-order valence-corrected chi connectivity index (χ1v) is 4.26. The van der Waals surface area contributed by atoms with Crippen molar-refractivity contribution in [2.45, 2.75) is 0 Å². The Morgan fingerprint density at radius 1 is 1.46 bits per heavy atom. The van der Waals surface area contributed by atoms with Gasteiger partial charge in [0.2, 0.25) is 0 Å². The van der Waals surface area contributed by atoms with Crippen LogP contribution >= 0.6 is 23.2 Å². The SMILES string of the molecule is N=C(N)COc1ccc(Cl)cc1Cl. The Morgan fingerprint density at radius 3 is 2.69 bits per heavy atom. The second kappa shape index (κ2) is 4.35. The normalized spacial score (nSPS) is 9.69. The zero-order chi connectivity index (χ0) is 9.84. The molecule has 0 radical (unpaired) electrons. The van der Waals surface area contributed by atoms with Crippen LogP contribution in [-0.4, -0.2) is 12.4 Å². The van der Waals surface area contributed by atoms with Gasteiger partial charge in [-0.25, -0.2) is 0 Å². The average Bonchev–Trinajstić information content (AvgIpc) is 2.02. The highest BCUT2D eigenvalue weighted by molar-refractivity contribution is 6.35. The Kier molecular flexibility index (Phi) is 3.39. The Balaban J connectivity index is 2.72. The van der Waals surface area contributed by atoms with Crippen molar-refractivity contribution in [1.82, 2.24) is 0 Å². The van der Waals surface area contributed by atoms with Crippen molar-refractivity contribution >= 4 is 29.0 Å². The maximum Gasteiger partial charge on any atom is 0.145 e. The number of halogens is 2. The third-order valence-electron chi connectivity index (χ3n) is 1.28. The summed E-state index contributed by atoms with van der Waals surface area (Å²) in [7, 11) is 0. The molecule has 0 spiro atoms. The second-order valence-electron chi connectivity index (χ2n) is 2.39. The van der Waals surface area contributed by atoms with Gasteiger partial charge in [0, 0.05) is 5.02 Å². The van der Waals surface area contributed by atoms with Gasteiger partial charge < -0.3 is 10.5 Å². The van der Waals surface area contributed by atoms with Gasteiger partial charge in [0.05, 0.1) is 5.02 Å². The molecule has 0 bridgehead atoms. The minimum atomic E-state index is -0.0500. The van der Waals surface area contributed by atoms with Gasteiger partial charge in [0.1, 0.15) is 18.2 Å². The molecule has 1 aromatic carbocycles. The zero-order valence-corrected chi connectivity index (χ0v) is 8.19. The lowest BCUT2D eigenvalue weighted by Crippen LogP contribution is -2.19. The van der Waals surface area contributed by atoms with Crippen LogP contribution in [0.25, 0.3) is 0 Å². The molecule has 0 saturated heterocycles. The summed E-state index contributed by atoms with van der Waals surface area (Å²) in [4.78, 5) is 0. The molecule has 0 heterocycles. The van der Waals surface area contributed by atoms with Crippen LogP contribution in [0.3, 0.4) is 0 Å². The van der Waals surface area contributed by atoms with Crippen LogP contribution in [0.1, 0.15) is 0 Å². The van der Waals surface area contributed by atoms with Crippen molar-refractivity contribution in [3.63, 3.8) is 0 Å². The van der Waals surface area contributed by atoms with E-state index < -0.39 is 0 Å². The van der Waals surface area contributed by atoms with Gasteiger partial charge in [-0.1, -0.05) is 23.2 Å². The van der Waals surface area contributed by atoms with E-state index in [4.69, 9.17) is 39.1 Å². The highest BCUT2D eigenvalue weighted by Crippen LogP contribution is 2.27. The van der Waals surface area contributed by atoms with Crippen molar-refractivity contribution in [2.75, 3.05) is 6.61 Å². The van der Waals surface area contributed by atoms with Crippen molar-refractivity contribution in [1.29, 1.82) is 5.41 Å². The molecule has 0 aromatic heterocycles. The number of benzene rings is 1. The third-order valence-corrected chi connectivity index (χ3v) is 1.81. The molecule has 0 fully saturated rings. The second-order valence-corrected chi connectivity index (χ2v) is 3.23. The summed E-state index contributed by atoms with van der Waals surface area (Å²) >= 11 is 11.5.